The van der Waals surface area contributed by atoms with Gasteiger partial charge in [-0.1, -0.05) is 98.9 Å². The van der Waals surface area contributed by atoms with Gasteiger partial charge in [0, 0.05) is 95.5 Å². The molecule has 4 aliphatic heterocycles. The summed E-state index contributed by atoms with van der Waals surface area (Å²) in [5.41, 5.74) is 1.30. The monoisotopic (exact) mass is 1320 g/mol. The number of hydrogen-bond donors (Lipinski definition) is 13. The number of carbonyl (C=O) groups is 5. The van der Waals surface area contributed by atoms with Crippen LogP contribution >= 0.6 is 0 Å². The van der Waals surface area contributed by atoms with Crippen molar-refractivity contribution in [2.75, 3.05) is 72.3 Å². The molecule has 0 radical (unpaired) electrons. The summed E-state index contributed by atoms with van der Waals surface area (Å²) in [6.45, 7) is 6.84. The molecule has 5 rings (SSSR count). The number of esters is 1. The molecular weight excluding hydrogens is 1220 g/mol. The van der Waals surface area contributed by atoms with Crippen LogP contribution in [0.3, 0.4) is 0 Å². The second-order valence-electron chi connectivity index (χ2n) is 25.7. The van der Waals surface area contributed by atoms with Gasteiger partial charge in [0.05, 0.1) is 92.6 Å². The Balaban J connectivity index is 1.40. The van der Waals surface area contributed by atoms with Crippen LogP contribution in [0.15, 0.2) is 109 Å². The number of anilines is 1. The maximum Gasteiger partial charge on any atom is 0.308 e. The Morgan fingerprint density at radius 2 is 1.30 bits per heavy atom. The number of aliphatic hydroxyl groups is 11. The molecular formula is C69H105N5O20. The van der Waals surface area contributed by atoms with Crippen LogP contribution in [-0.4, -0.2) is 265 Å². The van der Waals surface area contributed by atoms with Gasteiger partial charge >= 0.3 is 5.97 Å². The zero-order valence-corrected chi connectivity index (χ0v) is 55.2. The highest BCUT2D eigenvalue weighted by atomic mass is 16.7. The molecule has 14 unspecified atom stereocenters. The Morgan fingerprint density at radius 1 is 0.723 bits per heavy atom. The third kappa shape index (κ3) is 27.1. The van der Waals surface area contributed by atoms with Crippen molar-refractivity contribution >= 4 is 35.0 Å². The number of ether oxygens (including phenoxy) is 4. The Morgan fingerprint density at radius 3 is 1.89 bits per heavy atom. The van der Waals surface area contributed by atoms with E-state index in [0.29, 0.717) is 31.6 Å². The number of nitrogens with one attached hydrogen (secondary N) is 2. The van der Waals surface area contributed by atoms with E-state index >= 15 is 0 Å². The zero-order chi connectivity index (χ0) is 69.1. The summed E-state index contributed by atoms with van der Waals surface area (Å²) in [5, 5.41) is 128. The van der Waals surface area contributed by atoms with E-state index in [1.165, 1.54) is 6.92 Å². The molecule has 25 heteroatoms. The van der Waals surface area contributed by atoms with Crippen LogP contribution in [0, 0.1) is 17.8 Å². The molecule has 526 valence electrons. The fourth-order valence-corrected chi connectivity index (χ4v) is 12.3. The summed E-state index contributed by atoms with van der Waals surface area (Å²) in [7, 11) is 5.12. The molecule has 1 aromatic carbocycles. The molecule has 2 bridgehead atoms. The third-order valence-electron chi connectivity index (χ3n) is 17.2. The molecule has 0 aromatic heterocycles. The van der Waals surface area contributed by atoms with Gasteiger partial charge in [-0.2, -0.15) is 0 Å². The second kappa shape index (κ2) is 40.1. The summed E-state index contributed by atoms with van der Waals surface area (Å²) in [6, 6.07) is 5.66. The number of Topliss-reactive ketones (excluding diaryl/α,β-unsaturated/α-hetero) is 2. The molecule has 2 amide bonds. The van der Waals surface area contributed by atoms with E-state index in [4.69, 9.17) is 18.9 Å². The van der Waals surface area contributed by atoms with Gasteiger partial charge in [0.15, 0.2) is 17.9 Å². The molecule has 3 saturated heterocycles. The number of β-amino-alcohol motifs (C(OH)–C–C–N with tert-alkyl or cyclic N) is 1. The van der Waals surface area contributed by atoms with Crippen LogP contribution in [0.1, 0.15) is 108 Å². The fraction of sp³-hybridized carbons (Fsp3) is 0.638. The van der Waals surface area contributed by atoms with E-state index in [2.05, 4.69) is 10.6 Å². The van der Waals surface area contributed by atoms with Crippen molar-refractivity contribution in [1.29, 1.82) is 0 Å². The third-order valence-corrected chi connectivity index (χ3v) is 17.2. The van der Waals surface area contributed by atoms with Crippen LogP contribution in [0.25, 0.3) is 0 Å². The van der Waals surface area contributed by atoms with Crippen LogP contribution in [0.2, 0.25) is 0 Å². The number of cyclic esters (lactones) is 1. The number of hydrogen-bond acceptors (Lipinski definition) is 23. The number of nitrogens with zero attached hydrogens (tertiary/aromatic N) is 3. The molecule has 4 heterocycles. The smallest absolute Gasteiger partial charge is 0.308 e. The maximum absolute atomic E-state index is 14.6. The Hall–Kier alpha value is -5.69. The number of fused-ring (bicyclic) bond motifs is 2. The van der Waals surface area contributed by atoms with Gasteiger partial charge in [-0.25, -0.2) is 0 Å². The normalized spacial score (nSPS) is 35.4. The summed E-state index contributed by atoms with van der Waals surface area (Å²) in [4.78, 5) is 72.2. The molecule has 0 aliphatic carbocycles. The van der Waals surface area contributed by atoms with Crippen LogP contribution < -0.4 is 10.6 Å². The quantitative estimate of drug-likeness (QED) is 0.0824. The molecule has 25 nitrogen and oxygen atoms in total. The lowest BCUT2D eigenvalue weighted by Gasteiger charge is -2.47. The molecule has 13 N–H and O–H groups in total. The molecule has 1 aromatic rings. The van der Waals surface area contributed by atoms with Crippen molar-refractivity contribution < 1.29 is 99.1 Å². The number of aliphatic hydroxyl groups excluding tert-OH is 10. The number of carbonyl (C=O) groups excluding carboxylic acids is 5. The predicted molar refractivity (Wildman–Crippen MR) is 350 cm³/mol. The lowest BCUT2D eigenvalue weighted by atomic mass is 9.81. The number of likely N-dealkylation sites (N-methyl/N-ethyl adjacent to an activating group) is 1. The number of allylic oxidation sites excluding steroid dienone is 12. The second-order valence-corrected chi connectivity index (χ2v) is 25.7. The summed E-state index contributed by atoms with van der Waals surface area (Å²) in [5.74, 6) is -7.02. The average molecular weight is 1320 g/mol. The minimum absolute atomic E-state index is 0.0573. The summed E-state index contributed by atoms with van der Waals surface area (Å²) >= 11 is 0. The molecule has 0 saturated carbocycles. The van der Waals surface area contributed by atoms with E-state index in [0.717, 1.165) is 5.69 Å². The molecule has 19 atom stereocenters. The number of ketones is 2. The largest absolute Gasteiger partial charge is 0.461 e. The van der Waals surface area contributed by atoms with Crippen molar-refractivity contribution in [3.05, 3.63) is 115 Å². The van der Waals surface area contributed by atoms with Gasteiger partial charge in [0.2, 0.25) is 11.8 Å². The van der Waals surface area contributed by atoms with E-state index < -0.39 is 178 Å². The number of benzene rings is 1. The van der Waals surface area contributed by atoms with Gasteiger partial charge < -0.3 is 95.6 Å². The van der Waals surface area contributed by atoms with Crippen LogP contribution in [-0.2, 0) is 38.1 Å². The molecule has 4 aliphatic rings. The zero-order valence-electron chi connectivity index (χ0n) is 55.2. The lowest BCUT2D eigenvalue weighted by molar-refractivity contribution is -0.308. The number of amides is 2. The van der Waals surface area contributed by atoms with Gasteiger partial charge in [0.1, 0.15) is 24.1 Å². The molecule has 94 heavy (non-hydrogen) atoms. The van der Waals surface area contributed by atoms with Gasteiger partial charge in [-0.3, -0.25) is 28.9 Å². The van der Waals surface area contributed by atoms with Crippen molar-refractivity contribution in [2.45, 2.75) is 195 Å². The Bertz CT molecular complexity index is 2720. The summed E-state index contributed by atoms with van der Waals surface area (Å²) < 4.78 is 24.8. The maximum atomic E-state index is 14.6. The van der Waals surface area contributed by atoms with E-state index in [9.17, 15) is 80.1 Å². The van der Waals surface area contributed by atoms with Crippen LogP contribution in [0.5, 0.6) is 0 Å². The first-order chi connectivity index (χ1) is 44.7. The van der Waals surface area contributed by atoms with Crippen LogP contribution in [0.4, 0.5) is 5.69 Å². The van der Waals surface area contributed by atoms with E-state index in [-0.39, 0.29) is 63.1 Å². The van der Waals surface area contributed by atoms with E-state index in [1.807, 2.05) is 24.8 Å². The standard InChI is InChI=1S/C69H105N5O20/c1-44-19-17-15-13-11-9-7-8-10-12-14-16-18-20-56(92-68-65(88)63(64(87)46(3)91-68)71-60(85)43-72(5)6)40-59-62(67(89)74-29-27-73(28-30-74)31-32-75)58(84)42-69(90,94-59)41-55(82)37-53(80)35-51(78)33-50(77)34-52(79)36-54(81)39-61(86)93-66(44)45(2)21-26-49(76)38-57(83)47-22-24-48(70-4)25-23-47/h7-20,22-25,44-46,49-51,53-56,58-59,62-66,68,70,75-78,80-82,84,87-88,90H,21,26-43H2,1-6H3,(H,71,85)/b8-7+,11-9+,12-10+,15-13+,16-14+,19-17+,20-18+/t44?,45?,46-,49?,50?,51?,53?,54?,55?,56?,58?,59?,62?,63+,64-,65+,66?,68+,69?/m1/s1. The number of piperazine rings is 1. The van der Waals surface area contributed by atoms with Gasteiger partial charge in [-0.15, -0.1) is 0 Å². The van der Waals surface area contributed by atoms with Crippen molar-refractivity contribution in [3.63, 3.8) is 0 Å². The molecule has 3 fully saturated rings. The number of rotatable bonds is 16. The summed E-state index contributed by atoms with van der Waals surface area (Å²) in [6.07, 6.45) is 2.01. The first-order valence-corrected chi connectivity index (χ1v) is 32.8. The topological polar surface area (TPSA) is 379 Å². The van der Waals surface area contributed by atoms with Crippen molar-refractivity contribution in [1.82, 2.24) is 20.0 Å². The predicted octanol–water partition coefficient (Wildman–Crippen LogP) is 1.52. The Labute approximate surface area is 552 Å². The molecule has 0 spiro atoms. The van der Waals surface area contributed by atoms with Gasteiger partial charge in [0.25, 0.3) is 0 Å². The average Bonchev–Trinajstić information content (AvgIpc) is 0.783. The van der Waals surface area contributed by atoms with Crippen molar-refractivity contribution in [3.8, 4) is 0 Å². The minimum Gasteiger partial charge on any atom is -0.461 e. The minimum atomic E-state index is -2.34. The van der Waals surface area contributed by atoms with Gasteiger partial charge in [-0.05, 0) is 83.3 Å². The lowest BCUT2D eigenvalue weighted by Crippen LogP contribution is -2.64. The first kappa shape index (κ1) is 79.0. The Kier molecular flexibility index (Phi) is 33.7. The van der Waals surface area contributed by atoms with Crippen molar-refractivity contribution in [2.24, 2.45) is 17.8 Å². The van der Waals surface area contributed by atoms with E-state index in [1.54, 1.807) is 134 Å². The highest BCUT2D eigenvalue weighted by Gasteiger charge is 2.52. The first-order valence-electron chi connectivity index (χ1n) is 32.8. The SMILES string of the molecule is CNc1ccc(C(=O)CC(O)CCC(C)C2OC(=O)CC(O)CC(=O)CC(O)CC(O)CC(O)CC(O)CC3(O)CC(O)C(C(=O)N4CCN(CCO)CC4)C(CC(O[C@@H]4O[C@H](C)[C@@H](O)[C@H](NC(=O)CN(C)C)[C@@H]4O)/C=C/C=C/C=C/C=C/C=C/C=C/C=C/C2C)O3)cc1. The highest BCUT2D eigenvalue weighted by Crippen LogP contribution is 2.39. The fourth-order valence-electron chi connectivity index (χ4n) is 12.3. The highest BCUT2D eigenvalue weighted by molar-refractivity contribution is 5.96.